The molecule has 10 rings (SSSR count). The number of aliphatic hydroxyl groups is 4. The van der Waals surface area contributed by atoms with Crippen LogP contribution in [-0.2, 0) is 107 Å². The third-order valence-electron chi connectivity index (χ3n) is 24.4. The number of rotatable bonds is 29. The Morgan fingerprint density at radius 3 is 2.18 bits per heavy atom. The van der Waals surface area contributed by atoms with Crippen molar-refractivity contribution in [2.45, 2.75) is 227 Å². The summed E-state index contributed by atoms with van der Waals surface area (Å²) in [5.74, 6) is -13.3. The first-order valence-electron chi connectivity index (χ1n) is 43.6. The first kappa shape index (κ1) is 103. The number of epoxide rings is 1. The normalized spacial score (nSPS) is 27.3. The molecule has 4 aromatic carbocycles. The molecule has 39 heteroatoms. The highest BCUT2D eigenvalue weighted by molar-refractivity contribution is 8.76. The predicted molar refractivity (Wildman–Crippen MR) is 491 cm³/mol. The number of anilines is 1. The fraction of sp³-hybridized carbons (Fsp3) is 0.522. The lowest BCUT2D eigenvalue weighted by atomic mass is 9.83. The first-order chi connectivity index (χ1) is 62.4. The number of imide groups is 1. The van der Waals surface area contributed by atoms with E-state index >= 15 is 19.2 Å². The molecule has 19 atom stereocenters. The van der Waals surface area contributed by atoms with E-state index in [2.05, 4.69) is 42.5 Å². The zero-order valence-corrected chi connectivity index (χ0v) is 78.1. The number of benzene rings is 4. The summed E-state index contributed by atoms with van der Waals surface area (Å²) in [7, 11) is 7.53. The van der Waals surface area contributed by atoms with Gasteiger partial charge in [0.2, 0.25) is 65.0 Å². The second-order valence-electron chi connectivity index (χ2n) is 34.1. The maximum absolute atomic E-state index is 15.5. The highest BCUT2D eigenvalue weighted by Crippen LogP contribution is 2.50. The molecule has 6 aliphatic rings. The number of fused-ring (bicyclic) bond motifs is 6. The van der Waals surface area contributed by atoms with Gasteiger partial charge in [-0.15, -0.1) is 11.8 Å². The number of nitrogens with zero attached hydrogens (tertiary/aromatic N) is 3. The minimum atomic E-state index is -1.96. The van der Waals surface area contributed by atoms with Crippen molar-refractivity contribution in [3.63, 3.8) is 0 Å². The van der Waals surface area contributed by atoms with Crippen molar-refractivity contribution in [3.8, 4) is 5.75 Å². The Hall–Kier alpha value is -10.3. The topological polar surface area (TPSA) is 501 Å². The summed E-state index contributed by atoms with van der Waals surface area (Å²) in [6, 6.07) is 16.2. The van der Waals surface area contributed by atoms with Crippen LogP contribution in [0.1, 0.15) is 127 Å². The Morgan fingerprint density at radius 1 is 0.817 bits per heavy atom. The van der Waals surface area contributed by atoms with Crippen molar-refractivity contribution in [2.24, 2.45) is 17.6 Å². The summed E-state index contributed by atoms with van der Waals surface area (Å²) in [6.45, 7) is 7.74. The Bertz CT molecular complexity index is 4920. The van der Waals surface area contributed by atoms with E-state index in [1.807, 2.05) is 37.3 Å². The van der Waals surface area contributed by atoms with Crippen LogP contribution in [0.25, 0.3) is 5.57 Å². The zero-order valence-electron chi connectivity index (χ0n) is 74.9. The van der Waals surface area contributed by atoms with Gasteiger partial charge >= 0.3 is 12.1 Å². The summed E-state index contributed by atoms with van der Waals surface area (Å²) in [5.41, 5.74) is 7.88. The molecule has 0 radical (unpaired) electrons. The number of unbranched alkanes of at least 4 members (excludes halogenated alkanes) is 1. The van der Waals surface area contributed by atoms with Gasteiger partial charge < -0.3 is 96.9 Å². The molecule has 1 unspecified atom stereocenters. The Balaban J connectivity index is 0.851. The third-order valence-corrected chi connectivity index (χ3v) is 28.4. The quantitative estimate of drug-likeness (QED) is 0.0122. The smallest absolute Gasteiger partial charge is 0.409 e. The number of nitrogens with one attached hydrogen (secondary N) is 8. The molecular weight excluding hydrogens is 1770 g/mol. The van der Waals surface area contributed by atoms with Crippen LogP contribution < -0.4 is 57.9 Å². The lowest BCUT2D eigenvalue weighted by Gasteiger charge is -2.42. The number of alkyl carbamates (subject to hydrolysis) is 1. The number of carbonyl (C=O) groups excluding carboxylic acids is 14. The molecule has 0 aromatic heterocycles. The molecule has 4 fully saturated rings. The summed E-state index contributed by atoms with van der Waals surface area (Å²) >= 11 is 7.85. The van der Waals surface area contributed by atoms with Crippen LogP contribution in [0.2, 0.25) is 5.02 Å². The van der Waals surface area contributed by atoms with Crippen LogP contribution in [0.4, 0.5) is 10.5 Å². The number of nitrogens with two attached hydrogens (primary N) is 1. The van der Waals surface area contributed by atoms with E-state index in [1.165, 1.54) is 54.0 Å². The SMILES string of the molecule is COc1cc2cc(c1Cl)N(C)C(=O)C[C@H](OC(=O)[C@H](C)N(C)C(=O)CCSC1CC(=O)N(CC(=O)N[C@H](Cc3ccccc3)C(=O)N[C@H]3CSSC[C@@H](C(=O)N[C@H](CO)[C@@H](C)O)NC(=O)[C@H]([C@@H](C)O)NC(=O)[C@H](CCCCN)NC(=O)[C@@H](CC4=CCc5ccccc54)NC(=O)[C@H](Cc4ccccc4)CC3=O)C1=O)[C@]1(C)O[C@H]1[C@H](C)[C@@H]1C[C@@](O)(NC(=O)O1)[C@H](OC)/C=C/C=C(\C)C2. The van der Waals surface area contributed by atoms with E-state index in [-0.39, 0.29) is 85.2 Å². The molecule has 1 aliphatic carbocycles. The fourth-order valence-electron chi connectivity index (χ4n) is 16.3. The standard InChI is InChI=1S/C92H119ClN12O23S3/c1-50-22-21-30-73(125-10)92(123)45-71(126-90(122)102-92)51(2)81-91(6,128-81)74(44-77(112)104(8)68-39-57(36-50)40-70(124-9)79(68)93)127-89(121)52(3)103(7)76(111)33-35-129-72-43-78(113)105(88(72)120)46-75(110)95-63(38-56-25-15-12-16-26-56)84(116)99-66-48-130-131-49-67(86(118)98-65(47-106)53(4)107)100-87(119)80(54(5)108)101-83(115)62(29-19-20-34-94)96-85(117)64(41-59-32-31-58-27-17-18-28-61(58)59)97-82(114)60(42-69(66)109)37-55-23-13-11-14-24-55/h11-18,21-28,30,32,39-40,51-54,60,62-67,71-74,80-81,106-108,123H,19-20,29,31,33-38,41-49,94H2,1-10H3,(H,95,110)(H,96,117)(H,97,114)(H,98,118)(H,99,116)(H,100,119)(H,101,115)(H,102,122)/b30-21+,50-22+/t51-,52+,53-,54-,60-,62+,63-,64-,65-,66+,67+,71+,72?,73-,74+,80+,81+,91+,92+/m1/s1. The number of likely N-dealkylation sites (N-methyl/N-ethyl adjacent to an activating group) is 1. The van der Waals surface area contributed by atoms with Crippen molar-refractivity contribution in [2.75, 3.05) is 70.2 Å². The number of aliphatic hydroxyl groups excluding tert-OH is 3. The number of ketones is 1. The molecule has 12 amide bonds. The number of ether oxygens (including phenoxy) is 5. The second-order valence-corrected chi connectivity index (χ2v) is 38.3. The molecule has 4 saturated heterocycles. The van der Waals surface area contributed by atoms with Gasteiger partial charge in [-0.05, 0) is 125 Å². The average Bonchev–Trinajstić information content (AvgIpc) is 1.53. The molecule has 4 bridgehead atoms. The number of Topliss-reactive ketones (excluding diaryl/α,β-unsaturated/α-hetero) is 1. The van der Waals surface area contributed by atoms with Crippen molar-refractivity contribution in [3.05, 3.63) is 160 Å². The average molecular weight is 1890 g/mol. The first-order valence-corrected chi connectivity index (χ1v) is 47.5. The number of allylic oxidation sites excluding steroid dienone is 4. The molecule has 0 spiro atoms. The van der Waals surface area contributed by atoms with E-state index in [0.717, 1.165) is 54.9 Å². The number of likely N-dealkylation sites (tertiary alicyclic amines) is 1. The highest BCUT2D eigenvalue weighted by atomic mass is 35.5. The monoisotopic (exact) mass is 1890 g/mol. The number of carbonyl (C=O) groups is 14. The molecule has 131 heavy (non-hydrogen) atoms. The second kappa shape index (κ2) is 47.4. The molecule has 5 heterocycles. The molecule has 710 valence electrons. The van der Waals surface area contributed by atoms with Crippen LogP contribution in [0.5, 0.6) is 5.75 Å². The van der Waals surface area contributed by atoms with E-state index in [4.69, 9.17) is 41.0 Å². The number of amides is 12. The van der Waals surface area contributed by atoms with Gasteiger partial charge in [0.05, 0.1) is 61.5 Å². The molecule has 0 saturated carbocycles. The van der Waals surface area contributed by atoms with E-state index in [9.17, 15) is 68.4 Å². The summed E-state index contributed by atoms with van der Waals surface area (Å²) in [5, 5.41) is 64.2. The number of hydrogen-bond acceptors (Lipinski definition) is 27. The maximum Gasteiger partial charge on any atom is 0.409 e. The Labute approximate surface area is 777 Å². The number of thioether (sulfide) groups is 1. The van der Waals surface area contributed by atoms with Gasteiger partial charge in [0, 0.05) is 88.8 Å². The predicted octanol–water partition coefficient (Wildman–Crippen LogP) is 3.53. The lowest BCUT2D eigenvalue weighted by Crippen LogP contribution is -2.63. The number of hydrogen-bond donors (Lipinski definition) is 13. The number of methoxy groups -OCH3 is 2. The number of esters is 1. The summed E-state index contributed by atoms with van der Waals surface area (Å²) in [6.07, 6.45) is -1.97. The highest BCUT2D eigenvalue weighted by Gasteiger charge is 2.65. The minimum Gasteiger partial charge on any atom is -0.495 e. The van der Waals surface area contributed by atoms with Crippen molar-refractivity contribution in [1.82, 2.24) is 52.3 Å². The minimum absolute atomic E-state index is 0.0329. The van der Waals surface area contributed by atoms with E-state index in [0.29, 0.717) is 46.4 Å². The van der Waals surface area contributed by atoms with Crippen LogP contribution in [0.15, 0.2) is 127 Å². The Kier molecular flexibility index (Phi) is 37.2. The largest absolute Gasteiger partial charge is 0.495 e. The van der Waals surface area contributed by atoms with Crippen LogP contribution in [0, 0.1) is 11.8 Å². The van der Waals surface area contributed by atoms with Crippen LogP contribution in [0.3, 0.4) is 0 Å². The summed E-state index contributed by atoms with van der Waals surface area (Å²) in [4.78, 5) is 207. The zero-order chi connectivity index (χ0) is 95.3. The van der Waals surface area contributed by atoms with Crippen molar-refractivity contribution < 1.29 is 111 Å². The maximum atomic E-state index is 15.5. The van der Waals surface area contributed by atoms with Gasteiger partial charge in [-0.25, -0.2) is 9.59 Å². The van der Waals surface area contributed by atoms with Gasteiger partial charge in [-0.1, -0.05) is 155 Å². The number of halogens is 1. The van der Waals surface area contributed by atoms with Gasteiger partial charge in [0.1, 0.15) is 77.5 Å². The third kappa shape index (κ3) is 27.3. The molecule has 35 nitrogen and oxygen atoms in total. The molecule has 4 aromatic rings. The van der Waals surface area contributed by atoms with Gasteiger partial charge in [0.15, 0.2) is 11.5 Å². The van der Waals surface area contributed by atoms with E-state index in [1.54, 1.807) is 105 Å². The van der Waals surface area contributed by atoms with Gasteiger partial charge in [-0.3, -0.25) is 67.8 Å². The van der Waals surface area contributed by atoms with Crippen LogP contribution in [-0.4, -0.2) is 280 Å². The summed E-state index contributed by atoms with van der Waals surface area (Å²) < 4.78 is 29.7. The van der Waals surface area contributed by atoms with Crippen molar-refractivity contribution in [1.29, 1.82) is 0 Å². The van der Waals surface area contributed by atoms with Gasteiger partial charge in [0.25, 0.3) is 0 Å². The van der Waals surface area contributed by atoms with Crippen molar-refractivity contribution >= 4 is 139 Å². The molecule has 5 aliphatic heterocycles. The fourth-order valence-corrected chi connectivity index (χ4v) is 20.1. The lowest BCUT2D eigenvalue weighted by molar-refractivity contribution is -0.162. The molecular formula is C92H119ClN12O23S3. The van der Waals surface area contributed by atoms with Gasteiger partial charge in [-0.2, -0.15) is 0 Å². The molecule has 14 N–H and O–H groups in total. The Morgan fingerprint density at radius 2 is 1.50 bits per heavy atom. The van der Waals surface area contributed by atoms with Crippen LogP contribution >= 0.6 is 45.0 Å². The van der Waals surface area contributed by atoms with E-state index < -0.39 is 229 Å².